The van der Waals surface area contributed by atoms with Crippen LogP contribution in [0.2, 0.25) is 0 Å². The van der Waals surface area contributed by atoms with Gasteiger partial charge < -0.3 is 5.11 Å². The van der Waals surface area contributed by atoms with E-state index in [1.807, 2.05) is 0 Å². The molecule has 1 N–H and O–H groups in total. The van der Waals surface area contributed by atoms with E-state index >= 15 is 0 Å². The summed E-state index contributed by atoms with van der Waals surface area (Å²) in [7, 11) is 0. The van der Waals surface area contributed by atoms with Crippen molar-refractivity contribution in [1.82, 2.24) is 0 Å². The molecule has 0 heterocycles. The van der Waals surface area contributed by atoms with Crippen molar-refractivity contribution in [1.29, 1.82) is 0 Å². The van der Waals surface area contributed by atoms with Crippen molar-refractivity contribution in [2.24, 2.45) is 0 Å². The largest absolute Gasteiger partial charge is 0.504 e. The maximum atomic E-state index is 10.4. The lowest BCUT2D eigenvalue weighted by atomic mass is 10.1. The average Bonchev–Trinajstić information content (AvgIpc) is 1.77. The minimum atomic E-state index is -0.201. The monoisotopic (exact) mass is 110 g/mol. The summed E-state index contributed by atoms with van der Waals surface area (Å²) in [5.41, 5.74) is 0. The Bertz CT molecular complexity index is 165. The van der Waals surface area contributed by atoms with Gasteiger partial charge in [-0.25, -0.2) is 0 Å². The first-order valence-electron chi connectivity index (χ1n) is 2.39. The lowest BCUT2D eigenvalue weighted by Gasteiger charge is -1.96. The van der Waals surface area contributed by atoms with Crippen LogP contribution in [0.5, 0.6) is 0 Å². The topological polar surface area (TPSA) is 37.3 Å². The molecule has 0 aromatic rings. The van der Waals surface area contributed by atoms with E-state index in [1.54, 1.807) is 12.2 Å². The Morgan fingerprint density at radius 1 is 1.62 bits per heavy atom. The zero-order valence-corrected chi connectivity index (χ0v) is 4.29. The summed E-state index contributed by atoms with van der Waals surface area (Å²) in [5.74, 6) is -0.333. The third kappa shape index (κ3) is 0.780. The maximum Gasteiger partial charge on any atom is 0.200 e. The van der Waals surface area contributed by atoms with Gasteiger partial charge >= 0.3 is 0 Å². The van der Waals surface area contributed by atoms with E-state index in [9.17, 15) is 4.79 Å². The molecule has 0 saturated carbocycles. The predicted octanol–water partition coefficient (Wildman–Crippen LogP) is 0.957. The van der Waals surface area contributed by atoms with E-state index in [1.165, 1.54) is 6.08 Å². The molecule has 42 valence electrons. The van der Waals surface area contributed by atoms with Crippen LogP contribution in [0.25, 0.3) is 0 Å². The molecule has 8 heavy (non-hydrogen) atoms. The Hall–Kier alpha value is -1.05. The molecule has 2 heteroatoms. The van der Waals surface area contributed by atoms with Crippen LogP contribution in [-0.4, -0.2) is 10.9 Å². The van der Waals surface area contributed by atoms with Crippen molar-refractivity contribution in [2.75, 3.05) is 0 Å². The highest BCUT2D eigenvalue weighted by atomic mass is 16.3. The van der Waals surface area contributed by atoms with Gasteiger partial charge in [-0.3, -0.25) is 4.79 Å². The van der Waals surface area contributed by atoms with E-state index in [-0.39, 0.29) is 11.5 Å². The van der Waals surface area contributed by atoms with Crippen molar-refractivity contribution >= 4 is 5.78 Å². The fraction of sp³-hybridized carbons (Fsp3) is 0.167. The van der Waals surface area contributed by atoms with Crippen molar-refractivity contribution < 1.29 is 9.90 Å². The van der Waals surface area contributed by atoms with Gasteiger partial charge in [-0.15, -0.1) is 0 Å². The predicted molar refractivity (Wildman–Crippen MR) is 29.5 cm³/mol. The van der Waals surface area contributed by atoms with E-state index in [0.717, 1.165) is 0 Å². The third-order valence-corrected chi connectivity index (χ3v) is 0.979. The fourth-order valence-electron chi connectivity index (χ4n) is 0.532. The van der Waals surface area contributed by atoms with Crippen LogP contribution in [0.15, 0.2) is 24.0 Å². The number of Topliss-reactive ketones (excluding diaryl/α,β-unsaturated/α-hetero) is 1. The summed E-state index contributed by atoms with van der Waals surface area (Å²) in [6.45, 7) is 0. The molecule has 0 atom stereocenters. The highest BCUT2D eigenvalue weighted by Crippen LogP contribution is 2.02. The molecule has 0 aromatic heterocycles. The molecule has 2 nitrogen and oxygen atoms in total. The Morgan fingerprint density at radius 2 is 2.38 bits per heavy atom. The average molecular weight is 110 g/mol. The van der Waals surface area contributed by atoms with Crippen molar-refractivity contribution in [2.45, 2.75) is 6.42 Å². The third-order valence-electron chi connectivity index (χ3n) is 0.979. The van der Waals surface area contributed by atoms with Gasteiger partial charge in [-0.1, -0.05) is 12.2 Å². The quantitative estimate of drug-likeness (QED) is 0.504. The second-order valence-electron chi connectivity index (χ2n) is 1.61. The molecular formula is C6H6O2. The molecule has 0 aromatic carbocycles. The van der Waals surface area contributed by atoms with Gasteiger partial charge in [0.15, 0.2) is 5.76 Å². The summed E-state index contributed by atoms with van der Waals surface area (Å²) in [6.07, 6.45) is 5.10. The molecule has 1 aliphatic rings. The summed E-state index contributed by atoms with van der Waals surface area (Å²) in [4.78, 5) is 10.4. The highest BCUT2D eigenvalue weighted by Gasteiger charge is 2.05. The van der Waals surface area contributed by atoms with Gasteiger partial charge in [0.2, 0.25) is 5.78 Å². The van der Waals surface area contributed by atoms with Crippen LogP contribution < -0.4 is 0 Å². The van der Waals surface area contributed by atoms with Gasteiger partial charge in [0, 0.05) is 6.42 Å². The van der Waals surface area contributed by atoms with Crippen LogP contribution in [0, 0.1) is 0 Å². The molecule has 0 radical (unpaired) electrons. The summed E-state index contributed by atoms with van der Waals surface area (Å²) >= 11 is 0. The normalized spacial score (nSPS) is 18.5. The fourth-order valence-corrected chi connectivity index (χ4v) is 0.532. The standard InChI is InChI=1S/C6H6O2/c7-5-3-1-2-4-6(5)8/h1-3,7H,4H2. The number of ketones is 1. The van der Waals surface area contributed by atoms with E-state index in [4.69, 9.17) is 5.11 Å². The van der Waals surface area contributed by atoms with E-state index < -0.39 is 0 Å². The molecule has 1 aliphatic carbocycles. The van der Waals surface area contributed by atoms with Gasteiger partial charge in [-0.05, 0) is 6.08 Å². The second kappa shape index (κ2) is 1.82. The van der Waals surface area contributed by atoms with Crippen molar-refractivity contribution in [3.05, 3.63) is 24.0 Å². The molecule has 0 bridgehead atoms. The molecule has 0 aliphatic heterocycles. The van der Waals surface area contributed by atoms with E-state index in [2.05, 4.69) is 0 Å². The number of hydrogen-bond acceptors (Lipinski definition) is 2. The van der Waals surface area contributed by atoms with E-state index in [0.29, 0.717) is 6.42 Å². The first-order valence-corrected chi connectivity index (χ1v) is 2.39. The second-order valence-corrected chi connectivity index (χ2v) is 1.61. The molecule has 0 spiro atoms. The number of carbonyl (C=O) groups is 1. The lowest BCUT2D eigenvalue weighted by molar-refractivity contribution is -0.117. The first-order chi connectivity index (χ1) is 3.80. The Balaban J connectivity index is 2.80. The number of aliphatic hydroxyl groups is 1. The maximum absolute atomic E-state index is 10.4. The number of rotatable bonds is 0. The first kappa shape index (κ1) is 5.09. The van der Waals surface area contributed by atoms with Crippen molar-refractivity contribution in [3.8, 4) is 0 Å². The highest BCUT2D eigenvalue weighted by molar-refractivity contribution is 5.95. The molecular weight excluding hydrogens is 104 g/mol. The van der Waals surface area contributed by atoms with Gasteiger partial charge in [-0.2, -0.15) is 0 Å². The Labute approximate surface area is 47.1 Å². The minimum Gasteiger partial charge on any atom is -0.504 e. The molecule has 0 fully saturated rings. The van der Waals surface area contributed by atoms with Crippen LogP contribution in [0.1, 0.15) is 6.42 Å². The number of aliphatic hydroxyl groups excluding tert-OH is 1. The van der Waals surface area contributed by atoms with Gasteiger partial charge in [0.05, 0.1) is 0 Å². The number of hydrogen-bond donors (Lipinski definition) is 1. The zero-order chi connectivity index (χ0) is 5.98. The SMILES string of the molecule is O=C1CC=CC=C1O. The minimum absolute atomic E-state index is 0.132. The molecule has 1 rings (SSSR count). The Morgan fingerprint density at radius 3 is 2.75 bits per heavy atom. The number of carbonyl (C=O) groups excluding carboxylic acids is 1. The smallest absolute Gasteiger partial charge is 0.200 e. The van der Waals surface area contributed by atoms with Crippen LogP contribution >= 0.6 is 0 Å². The van der Waals surface area contributed by atoms with Crippen LogP contribution in [0.3, 0.4) is 0 Å². The summed E-state index contributed by atoms with van der Waals surface area (Å²) in [5, 5.41) is 8.64. The van der Waals surface area contributed by atoms with Crippen LogP contribution in [-0.2, 0) is 4.79 Å². The van der Waals surface area contributed by atoms with Gasteiger partial charge in [0.25, 0.3) is 0 Å². The van der Waals surface area contributed by atoms with Crippen LogP contribution in [0.4, 0.5) is 0 Å². The molecule has 0 saturated heterocycles. The number of allylic oxidation sites excluding steroid dienone is 4. The molecule has 0 amide bonds. The van der Waals surface area contributed by atoms with Gasteiger partial charge in [0.1, 0.15) is 0 Å². The molecule has 0 unspecified atom stereocenters. The Kier molecular flexibility index (Phi) is 1.16. The lowest BCUT2D eigenvalue weighted by Crippen LogP contribution is -2.01. The zero-order valence-electron chi connectivity index (χ0n) is 4.29. The van der Waals surface area contributed by atoms with Crippen molar-refractivity contribution in [3.63, 3.8) is 0 Å². The summed E-state index contributed by atoms with van der Waals surface area (Å²) in [6, 6.07) is 0. The summed E-state index contributed by atoms with van der Waals surface area (Å²) < 4.78 is 0.